The average molecular weight is 258 g/mol. The first-order chi connectivity index (χ1) is 5.68. The minimum atomic E-state index is -0.408. The molecule has 0 aromatic carbocycles. The first kappa shape index (κ1) is 13.5. The fourth-order valence-electron chi connectivity index (χ4n) is 1.69. The van der Waals surface area contributed by atoms with E-state index in [2.05, 4.69) is 11.9 Å². The van der Waals surface area contributed by atoms with Crippen LogP contribution in [0.15, 0.2) is 0 Å². The van der Waals surface area contributed by atoms with Gasteiger partial charge in [-0.25, -0.2) is 0 Å². The van der Waals surface area contributed by atoms with Crippen LogP contribution in [0.2, 0.25) is 0 Å². The van der Waals surface area contributed by atoms with Crippen molar-refractivity contribution >= 4 is 5.91 Å². The Kier molecular flexibility index (Phi) is 7.19. The van der Waals surface area contributed by atoms with Crippen molar-refractivity contribution in [2.75, 3.05) is 20.1 Å². The predicted molar refractivity (Wildman–Crippen MR) is 48.8 cm³/mol. The maximum Gasteiger partial charge on any atom is 0.0487 e. The molecule has 0 aromatic rings. The zero-order valence-corrected chi connectivity index (χ0v) is 11.1. The number of nitrogens with zero attached hydrogens (tertiary/aromatic N) is 1. The summed E-state index contributed by atoms with van der Waals surface area (Å²) in [5.41, 5.74) is 6.79. The Hall–Kier alpha value is 0.534. The van der Waals surface area contributed by atoms with Crippen molar-refractivity contribution in [1.82, 2.24) is 4.90 Å². The minimum Gasteiger partial charge on any atom is -0.668 e. The van der Waals surface area contributed by atoms with Crippen molar-refractivity contribution < 1.29 is 37.5 Å². The van der Waals surface area contributed by atoms with Crippen LogP contribution in [0.1, 0.15) is 25.7 Å². The molecule has 0 unspecified atom stereocenters. The summed E-state index contributed by atoms with van der Waals surface area (Å²) >= 11 is 0. The van der Waals surface area contributed by atoms with Gasteiger partial charge >= 0.3 is 0 Å². The standard InChI is InChI=1S/C9H18N2O.Y/c1-11-6-4-8(5-7-11)2-3-9(10)12;/h8H,2-7H2,1H3,(H2,10,12);/p-1. The molecule has 13 heavy (non-hydrogen) atoms. The molecule has 1 amide bonds. The van der Waals surface area contributed by atoms with Crippen LogP contribution in [-0.2, 0) is 37.5 Å². The molecule has 4 heteroatoms. The van der Waals surface area contributed by atoms with Crippen molar-refractivity contribution in [3.8, 4) is 0 Å². The third-order valence-corrected chi connectivity index (χ3v) is 2.62. The molecule has 1 radical (unpaired) electrons. The molecule has 0 aliphatic carbocycles. The van der Waals surface area contributed by atoms with E-state index in [9.17, 15) is 4.79 Å². The molecular formula is C9H17N2OY-. The van der Waals surface area contributed by atoms with Gasteiger partial charge in [0.2, 0.25) is 0 Å². The molecule has 73 valence electrons. The largest absolute Gasteiger partial charge is 0.668 e. The van der Waals surface area contributed by atoms with Gasteiger partial charge in [0, 0.05) is 38.6 Å². The monoisotopic (exact) mass is 258 g/mol. The fourth-order valence-corrected chi connectivity index (χ4v) is 1.69. The summed E-state index contributed by atoms with van der Waals surface area (Å²) in [6, 6.07) is 0. The quantitative estimate of drug-likeness (QED) is 0.773. The van der Waals surface area contributed by atoms with Crippen LogP contribution in [0.3, 0.4) is 0 Å². The van der Waals surface area contributed by atoms with E-state index in [0.29, 0.717) is 12.3 Å². The molecule has 0 saturated carbocycles. The third kappa shape index (κ3) is 5.76. The second kappa shape index (κ2) is 6.91. The van der Waals surface area contributed by atoms with Crippen molar-refractivity contribution in [1.29, 1.82) is 0 Å². The summed E-state index contributed by atoms with van der Waals surface area (Å²) in [5.74, 6) is 0.282. The second-order valence-electron chi connectivity index (χ2n) is 3.71. The number of amides is 1. The normalized spacial score (nSPS) is 19.5. The van der Waals surface area contributed by atoms with Gasteiger partial charge in [-0.15, -0.1) is 0 Å². The maximum atomic E-state index is 10.4. The van der Waals surface area contributed by atoms with Gasteiger partial charge < -0.3 is 15.4 Å². The molecule has 0 spiro atoms. The Balaban J connectivity index is 0.00000144. The maximum absolute atomic E-state index is 10.4. The van der Waals surface area contributed by atoms with E-state index in [1.165, 1.54) is 12.8 Å². The first-order valence-electron chi connectivity index (χ1n) is 4.61. The topological polar surface area (TPSA) is 44.1 Å². The van der Waals surface area contributed by atoms with Crippen LogP contribution in [-0.4, -0.2) is 30.9 Å². The van der Waals surface area contributed by atoms with Crippen LogP contribution in [0.25, 0.3) is 5.73 Å². The summed E-state index contributed by atoms with van der Waals surface area (Å²) in [6.45, 7) is 2.30. The Bertz CT molecular complexity index is 156. The number of hydrogen-bond donors (Lipinski definition) is 0. The van der Waals surface area contributed by atoms with Crippen molar-refractivity contribution in [2.24, 2.45) is 5.92 Å². The van der Waals surface area contributed by atoms with Gasteiger partial charge in [0.25, 0.3) is 0 Å². The average Bonchev–Trinajstić information content (AvgIpc) is 2.03. The molecule has 1 aliphatic heterocycles. The van der Waals surface area contributed by atoms with Crippen molar-refractivity contribution in [3.05, 3.63) is 5.73 Å². The number of likely N-dealkylation sites (tertiary alicyclic amines) is 1. The Labute approximate surface area is 105 Å². The summed E-state index contributed by atoms with van der Waals surface area (Å²) in [7, 11) is 2.13. The predicted octanol–water partition coefficient (Wildman–Crippen LogP) is 1.68. The van der Waals surface area contributed by atoms with E-state index in [-0.39, 0.29) is 32.7 Å². The van der Waals surface area contributed by atoms with Crippen molar-refractivity contribution in [2.45, 2.75) is 25.7 Å². The number of nitrogens with one attached hydrogen (secondary N) is 1. The zero-order chi connectivity index (χ0) is 8.97. The van der Waals surface area contributed by atoms with Gasteiger partial charge in [-0.05, 0) is 51.7 Å². The van der Waals surface area contributed by atoms with Gasteiger partial charge in [-0.1, -0.05) is 0 Å². The number of hydrogen-bond acceptors (Lipinski definition) is 2. The minimum absolute atomic E-state index is 0. The van der Waals surface area contributed by atoms with Crippen molar-refractivity contribution in [3.63, 3.8) is 0 Å². The van der Waals surface area contributed by atoms with E-state index < -0.39 is 5.91 Å². The smallest absolute Gasteiger partial charge is 0.0487 e. The molecule has 0 aromatic heterocycles. The molecule has 1 aliphatic rings. The number of carbonyl (C=O) groups excluding carboxylic acids is 1. The van der Waals surface area contributed by atoms with E-state index >= 15 is 0 Å². The van der Waals surface area contributed by atoms with Gasteiger partial charge in [0.1, 0.15) is 0 Å². The van der Waals surface area contributed by atoms with Gasteiger partial charge in [-0.3, -0.25) is 0 Å². The molecule has 1 N–H and O–H groups in total. The van der Waals surface area contributed by atoms with Crippen LogP contribution < -0.4 is 0 Å². The van der Waals surface area contributed by atoms with Gasteiger partial charge in [-0.2, -0.15) is 0 Å². The van der Waals surface area contributed by atoms with E-state index in [4.69, 9.17) is 5.73 Å². The SMILES string of the molecule is CN1CCC(CCC([NH-])=O)CC1.[Y]. The molecular weight excluding hydrogens is 241 g/mol. The third-order valence-electron chi connectivity index (χ3n) is 2.62. The summed E-state index contributed by atoms with van der Waals surface area (Å²) in [5, 5.41) is 0. The zero-order valence-electron chi connectivity index (χ0n) is 8.25. The summed E-state index contributed by atoms with van der Waals surface area (Å²) in [4.78, 5) is 12.7. The first-order valence-corrected chi connectivity index (χ1v) is 4.61. The number of rotatable bonds is 3. The van der Waals surface area contributed by atoms with E-state index in [1.807, 2.05) is 0 Å². The van der Waals surface area contributed by atoms with Gasteiger partial charge in [0.15, 0.2) is 0 Å². The van der Waals surface area contributed by atoms with Gasteiger partial charge in [0.05, 0.1) is 0 Å². The molecule has 1 rings (SSSR count). The summed E-state index contributed by atoms with van der Waals surface area (Å²) in [6.07, 6.45) is 3.78. The van der Waals surface area contributed by atoms with Crippen LogP contribution >= 0.6 is 0 Å². The molecule has 1 saturated heterocycles. The Morgan fingerprint density at radius 2 is 2.00 bits per heavy atom. The van der Waals surface area contributed by atoms with Crippen LogP contribution in [0.4, 0.5) is 0 Å². The van der Waals surface area contributed by atoms with E-state index in [0.717, 1.165) is 19.5 Å². The van der Waals surface area contributed by atoms with Crippen LogP contribution in [0.5, 0.6) is 0 Å². The van der Waals surface area contributed by atoms with Crippen LogP contribution in [0, 0.1) is 5.92 Å². The molecule has 3 nitrogen and oxygen atoms in total. The molecule has 1 fully saturated rings. The second-order valence-corrected chi connectivity index (χ2v) is 3.71. The number of carbonyl (C=O) groups is 1. The number of piperidine rings is 1. The Morgan fingerprint density at radius 3 is 2.46 bits per heavy atom. The molecule has 1 heterocycles. The summed E-state index contributed by atoms with van der Waals surface area (Å²) < 4.78 is 0. The fraction of sp³-hybridized carbons (Fsp3) is 0.889. The Morgan fingerprint density at radius 1 is 1.46 bits per heavy atom. The molecule has 0 atom stereocenters. The molecule has 0 bridgehead atoms. The van der Waals surface area contributed by atoms with E-state index in [1.54, 1.807) is 0 Å².